The first-order chi connectivity index (χ1) is 6.84. The lowest BCUT2D eigenvalue weighted by atomic mass is 10.2. The summed E-state index contributed by atoms with van der Waals surface area (Å²) < 4.78 is 5.56. The maximum atomic E-state index is 5.56. The van der Waals surface area contributed by atoms with Crippen LogP contribution in [0.4, 0.5) is 0 Å². The Kier molecular flexibility index (Phi) is 1.36. The molecule has 0 unspecified atom stereocenters. The second kappa shape index (κ2) is 2.54. The second-order valence-corrected chi connectivity index (χ2v) is 3.26. The van der Waals surface area contributed by atoms with Crippen molar-refractivity contribution < 1.29 is 4.42 Å². The number of nitrogens with zero attached hydrogens (tertiary/aromatic N) is 2. The summed E-state index contributed by atoms with van der Waals surface area (Å²) >= 11 is 0. The standard InChI is InChI=1S/C11H8N2O/c1-7-4-5-8-10-9(3-2-6-12-10)14-11(8)13-7/h2-6H,1H3. The lowest BCUT2D eigenvalue weighted by molar-refractivity contribution is 0.652. The molecular formula is C11H8N2O. The van der Waals surface area contributed by atoms with E-state index in [1.807, 2.05) is 31.2 Å². The van der Waals surface area contributed by atoms with Gasteiger partial charge in [-0.3, -0.25) is 4.98 Å². The van der Waals surface area contributed by atoms with Crippen LogP contribution < -0.4 is 0 Å². The van der Waals surface area contributed by atoms with Crippen molar-refractivity contribution in [1.29, 1.82) is 0 Å². The Bertz CT molecular complexity index is 613. The van der Waals surface area contributed by atoms with Crippen LogP contribution in [-0.2, 0) is 0 Å². The van der Waals surface area contributed by atoms with E-state index in [1.165, 1.54) is 0 Å². The van der Waals surface area contributed by atoms with Gasteiger partial charge in [-0.1, -0.05) is 0 Å². The van der Waals surface area contributed by atoms with E-state index in [4.69, 9.17) is 4.42 Å². The molecule has 3 heteroatoms. The molecule has 3 aromatic rings. The molecule has 0 fully saturated rings. The summed E-state index contributed by atoms with van der Waals surface area (Å²) in [5.74, 6) is 0. The summed E-state index contributed by atoms with van der Waals surface area (Å²) in [5, 5.41) is 0.978. The fraction of sp³-hybridized carbons (Fsp3) is 0.0909. The summed E-state index contributed by atoms with van der Waals surface area (Å²) in [5.41, 5.74) is 3.30. The molecule has 0 aliphatic carbocycles. The molecule has 0 saturated carbocycles. The number of aryl methyl sites for hydroxylation is 1. The van der Waals surface area contributed by atoms with E-state index in [-0.39, 0.29) is 0 Å². The lowest BCUT2D eigenvalue weighted by Crippen LogP contribution is -1.78. The molecule has 0 saturated heterocycles. The number of pyridine rings is 2. The molecule has 0 atom stereocenters. The highest BCUT2D eigenvalue weighted by Crippen LogP contribution is 2.24. The van der Waals surface area contributed by atoms with Crippen LogP contribution in [0.2, 0.25) is 0 Å². The molecule has 3 aromatic heterocycles. The molecule has 68 valence electrons. The fourth-order valence-corrected chi connectivity index (χ4v) is 1.57. The molecule has 0 amide bonds. The van der Waals surface area contributed by atoms with E-state index in [9.17, 15) is 0 Å². The van der Waals surface area contributed by atoms with Gasteiger partial charge in [-0.05, 0) is 31.2 Å². The average Bonchev–Trinajstić information content (AvgIpc) is 2.54. The molecule has 0 radical (unpaired) electrons. The van der Waals surface area contributed by atoms with Crippen molar-refractivity contribution >= 4 is 22.2 Å². The molecule has 3 rings (SSSR count). The van der Waals surface area contributed by atoms with E-state index < -0.39 is 0 Å². The van der Waals surface area contributed by atoms with Crippen LogP contribution in [0.5, 0.6) is 0 Å². The lowest BCUT2D eigenvalue weighted by Gasteiger charge is -1.89. The highest BCUT2D eigenvalue weighted by atomic mass is 16.3. The molecule has 14 heavy (non-hydrogen) atoms. The summed E-state index contributed by atoms with van der Waals surface area (Å²) in [6.45, 7) is 1.94. The van der Waals surface area contributed by atoms with E-state index in [0.29, 0.717) is 5.71 Å². The van der Waals surface area contributed by atoms with Gasteiger partial charge in [0.05, 0.1) is 5.39 Å². The van der Waals surface area contributed by atoms with Crippen molar-refractivity contribution in [3.05, 3.63) is 36.2 Å². The molecule has 0 spiro atoms. The number of aromatic nitrogens is 2. The smallest absolute Gasteiger partial charge is 0.229 e. The minimum Gasteiger partial charge on any atom is -0.436 e. The Balaban J connectivity index is 2.57. The van der Waals surface area contributed by atoms with Crippen LogP contribution in [0, 0.1) is 6.92 Å². The van der Waals surface area contributed by atoms with Crippen molar-refractivity contribution in [3.63, 3.8) is 0 Å². The highest BCUT2D eigenvalue weighted by Gasteiger charge is 2.07. The van der Waals surface area contributed by atoms with E-state index >= 15 is 0 Å². The average molecular weight is 184 g/mol. The van der Waals surface area contributed by atoms with Crippen LogP contribution >= 0.6 is 0 Å². The Morgan fingerprint density at radius 2 is 2.14 bits per heavy atom. The molecule has 0 aliphatic rings. The Morgan fingerprint density at radius 3 is 3.07 bits per heavy atom. The summed E-state index contributed by atoms with van der Waals surface area (Å²) in [6.07, 6.45) is 1.76. The maximum absolute atomic E-state index is 5.56. The fourth-order valence-electron chi connectivity index (χ4n) is 1.57. The number of furan rings is 1. The van der Waals surface area contributed by atoms with Gasteiger partial charge in [-0.2, -0.15) is 0 Å². The second-order valence-electron chi connectivity index (χ2n) is 3.26. The number of hydrogen-bond acceptors (Lipinski definition) is 3. The third-order valence-electron chi connectivity index (χ3n) is 2.23. The third kappa shape index (κ3) is 0.923. The molecule has 3 heterocycles. The van der Waals surface area contributed by atoms with Gasteiger partial charge in [0.1, 0.15) is 5.52 Å². The van der Waals surface area contributed by atoms with Gasteiger partial charge in [-0.25, -0.2) is 4.98 Å². The minimum absolute atomic E-state index is 0.665. The van der Waals surface area contributed by atoms with Crippen molar-refractivity contribution in [1.82, 2.24) is 9.97 Å². The van der Waals surface area contributed by atoms with Crippen LogP contribution in [0.15, 0.2) is 34.9 Å². The Labute approximate surface area is 80.4 Å². The van der Waals surface area contributed by atoms with Gasteiger partial charge in [0.15, 0.2) is 5.58 Å². The van der Waals surface area contributed by atoms with Crippen LogP contribution in [0.3, 0.4) is 0 Å². The van der Waals surface area contributed by atoms with Gasteiger partial charge in [0, 0.05) is 11.9 Å². The molecule has 3 nitrogen and oxygen atoms in total. The highest BCUT2D eigenvalue weighted by molar-refractivity contribution is 6.00. The topological polar surface area (TPSA) is 38.9 Å². The number of hydrogen-bond donors (Lipinski definition) is 0. The SMILES string of the molecule is Cc1ccc2c(n1)oc1cccnc12. The number of fused-ring (bicyclic) bond motifs is 3. The zero-order valence-electron chi connectivity index (χ0n) is 7.69. The normalized spacial score (nSPS) is 11.2. The van der Waals surface area contributed by atoms with Crippen molar-refractivity contribution in [2.45, 2.75) is 6.92 Å². The monoisotopic (exact) mass is 184 g/mol. The summed E-state index contributed by atoms with van der Waals surface area (Å²) in [4.78, 5) is 8.57. The van der Waals surface area contributed by atoms with Crippen molar-refractivity contribution in [3.8, 4) is 0 Å². The Hall–Kier alpha value is -1.90. The molecule has 0 aromatic carbocycles. The minimum atomic E-state index is 0.665. The first kappa shape index (κ1) is 7.50. The third-order valence-corrected chi connectivity index (χ3v) is 2.23. The molecule has 0 bridgehead atoms. The van der Waals surface area contributed by atoms with Gasteiger partial charge >= 0.3 is 0 Å². The zero-order valence-corrected chi connectivity index (χ0v) is 7.69. The van der Waals surface area contributed by atoms with Crippen molar-refractivity contribution in [2.24, 2.45) is 0 Å². The first-order valence-electron chi connectivity index (χ1n) is 4.45. The van der Waals surface area contributed by atoms with Gasteiger partial charge in [0.25, 0.3) is 0 Å². The molecule has 0 N–H and O–H groups in total. The maximum Gasteiger partial charge on any atom is 0.229 e. The van der Waals surface area contributed by atoms with E-state index in [2.05, 4.69) is 9.97 Å². The quantitative estimate of drug-likeness (QED) is 0.539. The van der Waals surface area contributed by atoms with Gasteiger partial charge in [0.2, 0.25) is 5.71 Å². The van der Waals surface area contributed by atoms with Gasteiger partial charge in [-0.15, -0.1) is 0 Å². The zero-order chi connectivity index (χ0) is 9.54. The van der Waals surface area contributed by atoms with Crippen LogP contribution in [0.25, 0.3) is 22.2 Å². The van der Waals surface area contributed by atoms with Gasteiger partial charge < -0.3 is 4.42 Å². The van der Waals surface area contributed by atoms with E-state index in [1.54, 1.807) is 6.20 Å². The Morgan fingerprint density at radius 1 is 1.21 bits per heavy atom. The molecule has 0 aliphatic heterocycles. The van der Waals surface area contributed by atoms with Crippen LogP contribution in [0.1, 0.15) is 5.69 Å². The molecular weight excluding hydrogens is 176 g/mol. The predicted octanol–water partition coefficient (Wildman–Crippen LogP) is 2.68. The largest absolute Gasteiger partial charge is 0.436 e. The van der Waals surface area contributed by atoms with Crippen LogP contribution in [-0.4, -0.2) is 9.97 Å². The predicted molar refractivity (Wildman–Crippen MR) is 54.0 cm³/mol. The summed E-state index contributed by atoms with van der Waals surface area (Å²) in [7, 11) is 0. The number of rotatable bonds is 0. The van der Waals surface area contributed by atoms with Crippen molar-refractivity contribution in [2.75, 3.05) is 0 Å². The van der Waals surface area contributed by atoms with E-state index in [0.717, 1.165) is 22.2 Å². The summed E-state index contributed by atoms with van der Waals surface area (Å²) in [6, 6.07) is 7.72. The first-order valence-corrected chi connectivity index (χ1v) is 4.45.